The summed E-state index contributed by atoms with van der Waals surface area (Å²) in [6.45, 7) is 0. The molecule has 0 unspecified atom stereocenters. The number of aromatic amines is 1. The van der Waals surface area contributed by atoms with Crippen molar-refractivity contribution < 1.29 is 9.90 Å². The van der Waals surface area contributed by atoms with E-state index in [0.717, 1.165) is 11.3 Å². The molecule has 4 nitrogen and oxygen atoms in total. The van der Waals surface area contributed by atoms with E-state index in [1.54, 1.807) is 30.5 Å². The van der Waals surface area contributed by atoms with Crippen LogP contribution in [-0.4, -0.2) is 21.0 Å². The van der Waals surface area contributed by atoms with Gasteiger partial charge in [0.25, 0.3) is 0 Å². The highest BCUT2D eigenvalue weighted by Crippen LogP contribution is 2.24. The Labute approximate surface area is 115 Å². The summed E-state index contributed by atoms with van der Waals surface area (Å²) in [5.41, 5.74) is 2.70. The molecule has 0 radical (unpaired) electrons. The summed E-state index contributed by atoms with van der Waals surface area (Å²) in [7, 11) is 0. The van der Waals surface area contributed by atoms with E-state index in [-0.39, 0.29) is 5.56 Å². The first kappa shape index (κ1) is 12.2. The van der Waals surface area contributed by atoms with Crippen molar-refractivity contribution in [3.05, 3.63) is 66.4 Å². The standard InChI is InChI=1S/C16H12N2O2/c19-16(20)13-9-5-4-8-12(13)15-17-10-14(18-15)11-6-2-1-3-7-11/h1-10H,(H,17,18)(H,19,20). The predicted molar refractivity (Wildman–Crippen MR) is 76.4 cm³/mol. The largest absolute Gasteiger partial charge is 0.478 e. The number of hydrogen-bond acceptors (Lipinski definition) is 2. The number of carbonyl (C=O) groups is 1. The number of benzene rings is 2. The zero-order chi connectivity index (χ0) is 13.9. The molecule has 3 aromatic rings. The number of aromatic nitrogens is 2. The number of rotatable bonds is 3. The first-order valence-electron chi connectivity index (χ1n) is 6.19. The van der Waals surface area contributed by atoms with E-state index in [0.29, 0.717) is 11.4 Å². The second kappa shape index (κ2) is 5.01. The molecule has 20 heavy (non-hydrogen) atoms. The fraction of sp³-hybridized carbons (Fsp3) is 0. The summed E-state index contributed by atoms with van der Waals surface area (Å²) >= 11 is 0. The Hall–Kier alpha value is -2.88. The number of H-pyrrole nitrogens is 1. The molecule has 0 spiro atoms. The monoisotopic (exact) mass is 264 g/mol. The molecule has 0 amide bonds. The minimum atomic E-state index is -0.960. The van der Waals surface area contributed by atoms with Crippen molar-refractivity contribution in [2.24, 2.45) is 0 Å². The van der Waals surface area contributed by atoms with Crippen LogP contribution in [0.25, 0.3) is 22.6 Å². The van der Waals surface area contributed by atoms with E-state index in [4.69, 9.17) is 0 Å². The van der Waals surface area contributed by atoms with Crippen LogP contribution in [0.5, 0.6) is 0 Å². The predicted octanol–water partition coefficient (Wildman–Crippen LogP) is 3.44. The molecule has 0 fully saturated rings. The van der Waals surface area contributed by atoms with E-state index < -0.39 is 5.97 Å². The molecular weight excluding hydrogens is 252 g/mol. The fourth-order valence-corrected chi connectivity index (χ4v) is 2.10. The van der Waals surface area contributed by atoms with Crippen LogP contribution >= 0.6 is 0 Å². The number of imidazole rings is 1. The molecule has 0 aliphatic heterocycles. The van der Waals surface area contributed by atoms with Crippen LogP contribution in [0.3, 0.4) is 0 Å². The van der Waals surface area contributed by atoms with Gasteiger partial charge in [0, 0.05) is 5.56 Å². The normalized spacial score (nSPS) is 10.4. The third kappa shape index (κ3) is 2.19. The Kier molecular flexibility index (Phi) is 3.05. The van der Waals surface area contributed by atoms with Gasteiger partial charge in [-0.15, -0.1) is 0 Å². The lowest BCUT2D eigenvalue weighted by atomic mass is 10.1. The average molecular weight is 264 g/mol. The molecule has 2 aromatic carbocycles. The molecule has 0 bridgehead atoms. The summed E-state index contributed by atoms with van der Waals surface area (Å²) in [6.07, 6.45) is 1.71. The lowest BCUT2D eigenvalue weighted by Crippen LogP contribution is -1.99. The Morgan fingerprint density at radius 1 is 1.00 bits per heavy atom. The van der Waals surface area contributed by atoms with Gasteiger partial charge in [0.1, 0.15) is 5.82 Å². The molecule has 1 aromatic heterocycles. The number of carboxylic acid groups (broad SMARTS) is 1. The van der Waals surface area contributed by atoms with Crippen molar-refractivity contribution in [2.45, 2.75) is 0 Å². The van der Waals surface area contributed by atoms with Crippen LogP contribution in [0.4, 0.5) is 0 Å². The number of aromatic carboxylic acids is 1. The zero-order valence-corrected chi connectivity index (χ0v) is 10.6. The van der Waals surface area contributed by atoms with Crippen LogP contribution < -0.4 is 0 Å². The lowest BCUT2D eigenvalue weighted by molar-refractivity contribution is 0.0697. The molecule has 0 atom stereocenters. The van der Waals surface area contributed by atoms with Gasteiger partial charge >= 0.3 is 5.97 Å². The second-order valence-corrected chi connectivity index (χ2v) is 4.36. The lowest BCUT2D eigenvalue weighted by Gasteiger charge is -2.02. The van der Waals surface area contributed by atoms with Gasteiger partial charge in [-0.3, -0.25) is 0 Å². The van der Waals surface area contributed by atoms with Crippen LogP contribution in [-0.2, 0) is 0 Å². The topological polar surface area (TPSA) is 66.0 Å². The van der Waals surface area contributed by atoms with Gasteiger partial charge in [-0.2, -0.15) is 0 Å². The van der Waals surface area contributed by atoms with Crippen molar-refractivity contribution in [3.8, 4) is 22.6 Å². The van der Waals surface area contributed by atoms with E-state index in [9.17, 15) is 9.90 Å². The molecule has 0 saturated carbocycles. The highest BCUT2D eigenvalue weighted by Gasteiger charge is 2.13. The number of hydrogen-bond donors (Lipinski definition) is 2. The molecule has 4 heteroatoms. The highest BCUT2D eigenvalue weighted by atomic mass is 16.4. The van der Waals surface area contributed by atoms with Crippen molar-refractivity contribution in [1.82, 2.24) is 9.97 Å². The van der Waals surface area contributed by atoms with Gasteiger partial charge in [0.2, 0.25) is 0 Å². The first-order chi connectivity index (χ1) is 9.75. The van der Waals surface area contributed by atoms with Gasteiger partial charge in [-0.25, -0.2) is 9.78 Å². The molecule has 2 N–H and O–H groups in total. The van der Waals surface area contributed by atoms with E-state index in [1.165, 1.54) is 0 Å². The van der Waals surface area contributed by atoms with Crippen LogP contribution in [0.2, 0.25) is 0 Å². The Morgan fingerprint density at radius 2 is 1.70 bits per heavy atom. The molecular formula is C16H12N2O2. The average Bonchev–Trinajstić information content (AvgIpc) is 2.98. The maximum absolute atomic E-state index is 11.2. The van der Waals surface area contributed by atoms with Crippen LogP contribution in [0.15, 0.2) is 60.8 Å². The van der Waals surface area contributed by atoms with Crippen molar-refractivity contribution in [1.29, 1.82) is 0 Å². The Morgan fingerprint density at radius 3 is 2.45 bits per heavy atom. The summed E-state index contributed by atoms with van der Waals surface area (Å²) in [4.78, 5) is 18.7. The first-order valence-corrected chi connectivity index (χ1v) is 6.19. The van der Waals surface area contributed by atoms with Crippen molar-refractivity contribution in [2.75, 3.05) is 0 Å². The minimum absolute atomic E-state index is 0.237. The summed E-state index contributed by atoms with van der Waals surface area (Å²) in [6, 6.07) is 16.6. The molecule has 3 rings (SSSR count). The fourth-order valence-electron chi connectivity index (χ4n) is 2.10. The zero-order valence-electron chi connectivity index (χ0n) is 10.6. The van der Waals surface area contributed by atoms with Crippen LogP contribution in [0.1, 0.15) is 10.4 Å². The van der Waals surface area contributed by atoms with Gasteiger partial charge < -0.3 is 10.1 Å². The molecule has 0 saturated heterocycles. The smallest absolute Gasteiger partial charge is 0.336 e. The van der Waals surface area contributed by atoms with Crippen LogP contribution in [0, 0.1) is 0 Å². The minimum Gasteiger partial charge on any atom is -0.478 e. The maximum Gasteiger partial charge on any atom is 0.336 e. The second-order valence-electron chi connectivity index (χ2n) is 4.36. The van der Waals surface area contributed by atoms with E-state index in [1.807, 2.05) is 30.3 Å². The van der Waals surface area contributed by atoms with Gasteiger partial charge in [-0.05, 0) is 11.6 Å². The molecule has 1 heterocycles. The van der Waals surface area contributed by atoms with Gasteiger partial charge in [0.15, 0.2) is 0 Å². The van der Waals surface area contributed by atoms with E-state index in [2.05, 4.69) is 9.97 Å². The number of nitrogens with one attached hydrogen (secondary N) is 1. The quantitative estimate of drug-likeness (QED) is 0.761. The number of nitrogens with zero attached hydrogens (tertiary/aromatic N) is 1. The van der Waals surface area contributed by atoms with Gasteiger partial charge in [0.05, 0.1) is 17.5 Å². The Balaban J connectivity index is 2.05. The third-order valence-corrected chi connectivity index (χ3v) is 3.07. The van der Waals surface area contributed by atoms with Crippen molar-refractivity contribution in [3.63, 3.8) is 0 Å². The van der Waals surface area contributed by atoms with Gasteiger partial charge in [-0.1, -0.05) is 48.5 Å². The maximum atomic E-state index is 11.2. The Bertz CT molecular complexity index is 748. The molecule has 0 aliphatic carbocycles. The number of carboxylic acids is 1. The summed E-state index contributed by atoms with van der Waals surface area (Å²) in [5.74, 6) is -0.403. The van der Waals surface area contributed by atoms with E-state index >= 15 is 0 Å². The highest BCUT2D eigenvalue weighted by molar-refractivity contribution is 5.95. The molecule has 0 aliphatic rings. The third-order valence-electron chi connectivity index (χ3n) is 3.07. The summed E-state index contributed by atoms with van der Waals surface area (Å²) in [5, 5.41) is 9.21. The molecule has 98 valence electrons. The SMILES string of the molecule is O=C(O)c1ccccc1-c1ncc(-c2ccccc2)[nH]1. The summed E-state index contributed by atoms with van der Waals surface area (Å²) < 4.78 is 0. The van der Waals surface area contributed by atoms with Crippen molar-refractivity contribution >= 4 is 5.97 Å².